The predicted octanol–water partition coefficient (Wildman–Crippen LogP) is 3.70. The Hall–Kier alpha value is -1.61. The van der Waals surface area contributed by atoms with Gasteiger partial charge in [0.05, 0.1) is 6.04 Å². The third-order valence-electron chi connectivity index (χ3n) is 3.15. The summed E-state index contributed by atoms with van der Waals surface area (Å²) in [7, 11) is 0. The maximum absolute atomic E-state index is 6.01. The van der Waals surface area contributed by atoms with Crippen LogP contribution in [0.3, 0.4) is 0 Å². The van der Waals surface area contributed by atoms with Crippen molar-refractivity contribution in [1.29, 1.82) is 0 Å². The molecule has 1 aromatic carbocycles. The Kier molecular flexibility index (Phi) is 4.15. The molecule has 0 aliphatic rings. The summed E-state index contributed by atoms with van der Waals surface area (Å²) in [6.07, 6.45) is 3.01. The van der Waals surface area contributed by atoms with Gasteiger partial charge in [0.1, 0.15) is 5.69 Å². The van der Waals surface area contributed by atoms with Gasteiger partial charge in [-0.3, -0.25) is 0 Å². The molecule has 96 valence electrons. The molecular weight excluding hydrogens is 224 g/mol. The first-order valence-corrected chi connectivity index (χ1v) is 6.56. The van der Waals surface area contributed by atoms with E-state index >= 15 is 0 Å². The van der Waals surface area contributed by atoms with E-state index in [1.54, 1.807) is 0 Å². The number of aromatic nitrogens is 1. The van der Waals surface area contributed by atoms with E-state index in [1.807, 2.05) is 6.07 Å². The quantitative estimate of drug-likeness (QED) is 0.872. The van der Waals surface area contributed by atoms with Gasteiger partial charge in [0.2, 0.25) is 0 Å². The standard InChI is InChI=1S/C15H20N2O/c1-3-5-13(16)15-10-14(17-18-15)12-8-6-11(4-2)7-9-12/h6-10,13H,3-5,16H2,1-2H3. The van der Waals surface area contributed by atoms with Crippen LogP contribution < -0.4 is 5.73 Å². The molecule has 2 rings (SSSR count). The third kappa shape index (κ3) is 2.79. The summed E-state index contributed by atoms with van der Waals surface area (Å²) < 4.78 is 5.31. The van der Waals surface area contributed by atoms with Crippen LogP contribution >= 0.6 is 0 Å². The summed E-state index contributed by atoms with van der Waals surface area (Å²) in [6.45, 7) is 4.26. The van der Waals surface area contributed by atoms with Crippen LogP contribution in [-0.2, 0) is 6.42 Å². The molecule has 0 saturated heterocycles. The average molecular weight is 244 g/mol. The zero-order chi connectivity index (χ0) is 13.0. The minimum absolute atomic E-state index is 0.0498. The molecule has 0 amide bonds. The minimum atomic E-state index is -0.0498. The highest BCUT2D eigenvalue weighted by atomic mass is 16.5. The van der Waals surface area contributed by atoms with Crippen LogP contribution in [0, 0.1) is 0 Å². The molecule has 2 N–H and O–H groups in total. The molecule has 0 bridgehead atoms. The molecule has 1 heterocycles. The van der Waals surface area contributed by atoms with Gasteiger partial charge in [0.15, 0.2) is 5.76 Å². The molecule has 1 unspecified atom stereocenters. The second-order valence-corrected chi connectivity index (χ2v) is 4.56. The van der Waals surface area contributed by atoms with Gasteiger partial charge in [0.25, 0.3) is 0 Å². The zero-order valence-electron chi connectivity index (χ0n) is 11.0. The summed E-state index contributed by atoms with van der Waals surface area (Å²) in [6, 6.07) is 10.3. The highest BCUT2D eigenvalue weighted by Crippen LogP contribution is 2.23. The van der Waals surface area contributed by atoms with E-state index in [-0.39, 0.29) is 6.04 Å². The summed E-state index contributed by atoms with van der Waals surface area (Å²) >= 11 is 0. The fraction of sp³-hybridized carbons (Fsp3) is 0.400. The van der Waals surface area contributed by atoms with Crippen molar-refractivity contribution >= 4 is 0 Å². The molecule has 0 saturated carbocycles. The SMILES string of the molecule is CCCC(N)c1cc(-c2ccc(CC)cc2)no1. The molecule has 18 heavy (non-hydrogen) atoms. The van der Waals surface area contributed by atoms with E-state index in [2.05, 4.69) is 43.3 Å². The highest BCUT2D eigenvalue weighted by molar-refractivity contribution is 5.59. The van der Waals surface area contributed by atoms with Crippen molar-refractivity contribution in [3.63, 3.8) is 0 Å². The molecule has 0 spiro atoms. The Labute approximate surface area is 108 Å². The van der Waals surface area contributed by atoms with Gasteiger partial charge >= 0.3 is 0 Å². The van der Waals surface area contributed by atoms with Crippen molar-refractivity contribution in [3.8, 4) is 11.3 Å². The number of nitrogens with zero attached hydrogens (tertiary/aromatic N) is 1. The predicted molar refractivity (Wildman–Crippen MR) is 73.2 cm³/mol. The van der Waals surface area contributed by atoms with E-state index in [0.717, 1.165) is 36.3 Å². The molecule has 0 fully saturated rings. The first-order chi connectivity index (χ1) is 8.74. The Morgan fingerprint density at radius 3 is 2.56 bits per heavy atom. The first-order valence-electron chi connectivity index (χ1n) is 6.56. The van der Waals surface area contributed by atoms with Crippen LogP contribution in [0.25, 0.3) is 11.3 Å². The van der Waals surface area contributed by atoms with Crippen LogP contribution in [0.4, 0.5) is 0 Å². The van der Waals surface area contributed by atoms with Crippen molar-refractivity contribution in [2.75, 3.05) is 0 Å². The van der Waals surface area contributed by atoms with E-state index in [1.165, 1.54) is 5.56 Å². The summed E-state index contributed by atoms with van der Waals surface area (Å²) in [5.41, 5.74) is 9.27. The van der Waals surface area contributed by atoms with Gasteiger partial charge < -0.3 is 10.3 Å². The Bertz CT molecular complexity index is 487. The van der Waals surface area contributed by atoms with Crippen LogP contribution in [0.1, 0.15) is 44.1 Å². The molecule has 1 atom stereocenters. The second-order valence-electron chi connectivity index (χ2n) is 4.56. The Balaban J connectivity index is 2.18. The summed E-state index contributed by atoms with van der Waals surface area (Å²) in [5.74, 6) is 0.770. The van der Waals surface area contributed by atoms with Gasteiger partial charge in [0, 0.05) is 11.6 Å². The molecule has 3 heteroatoms. The van der Waals surface area contributed by atoms with E-state index in [4.69, 9.17) is 10.3 Å². The van der Waals surface area contributed by atoms with E-state index in [0.29, 0.717) is 0 Å². The first kappa shape index (κ1) is 12.8. The number of aryl methyl sites for hydroxylation is 1. The van der Waals surface area contributed by atoms with Crippen LogP contribution in [0.15, 0.2) is 34.9 Å². The highest BCUT2D eigenvalue weighted by Gasteiger charge is 2.12. The van der Waals surface area contributed by atoms with Crippen molar-refractivity contribution in [1.82, 2.24) is 5.16 Å². The molecule has 3 nitrogen and oxygen atoms in total. The van der Waals surface area contributed by atoms with Crippen molar-refractivity contribution < 1.29 is 4.52 Å². The number of benzene rings is 1. The summed E-state index contributed by atoms with van der Waals surface area (Å²) in [5, 5.41) is 4.09. The number of rotatable bonds is 5. The number of nitrogens with two attached hydrogens (primary N) is 1. The van der Waals surface area contributed by atoms with Crippen LogP contribution in [0.5, 0.6) is 0 Å². The lowest BCUT2D eigenvalue weighted by molar-refractivity contribution is 0.356. The lowest BCUT2D eigenvalue weighted by Gasteiger charge is -2.03. The molecule has 0 aliphatic carbocycles. The maximum atomic E-state index is 6.01. The van der Waals surface area contributed by atoms with Gasteiger partial charge in [-0.15, -0.1) is 0 Å². The fourth-order valence-corrected chi connectivity index (χ4v) is 1.96. The van der Waals surface area contributed by atoms with E-state index in [9.17, 15) is 0 Å². The molecule has 0 aliphatic heterocycles. The molecule has 1 aromatic heterocycles. The van der Waals surface area contributed by atoms with Gasteiger partial charge in [-0.05, 0) is 18.4 Å². The van der Waals surface area contributed by atoms with Crippen LogP contribution in [0.2, 0.25) is 0 Å². The largest absolute Gasteiger partial charge is 0.359 e. The van der Waals surface area contributed by atoms with Crippen LogP contribution in [-0.4, -0.2) is 5.16 Å². The van der Waals surface area contributed by atoms with E-state index < -0.39 is 0 Å². The molecular formula is C15H20N2O. The van der Waals surface area contributed by atoms with Gasteiger partial charge in [-0.25, -0.2) is 0 Å². The molecule has 2 aromatic rings. The number of hydrogen-bond acceptors (Lipinski definition) is 3. The van der Waals surface area contributed by atoms with Crippen molar-refractivity contribution in [3.05, 3.63) is 41.7 Å². The zero-order valence-corrected chi connectivity index (χ0v) is 11.0. The minimum Gasteiger partial charge on any atom is -0.359 e. The molecule has 0 radical (unpaired) electrons. The Morgan fingerprint density at radius 2 is 1.94 bits per heavy atom. The summed E-state index contributed by atoms with van der Waals surface area (Å²) in [4.78, 5) is 0. The van der Waals surface area contributed by atoms with Crippen molar-refractivity contribution in [2.45, 2.75) is 39.2 Å². The monoisotopic (exact) mass is 244 g/mol. The lowest BCUT2D eigenvalue weighted by Crippen LogP contribution is -2.08. The fourth-order valence-electron chi connectivity index (χ4n) is 1.96. The van der Waals surface area contributed by atoms with Gasteiger partial charge in [-0.2, -0.15) is 0 Å². The topological polar surface area (TPSA) is 52.0 Å². The average Bonchev–Trinajstić information content (AvgIpc) is 2.89. The second kappa shape index (κ2) is 5.83. The lowest BCUT2D eigenvalue weighted by atomic mass is 10.1. The third-order valence-corrected chi connectivity index (χ3v) is 3.15. The normalized spacial score (nSPS) is 12.6. The number of hydrogen-bond donors (Lipinski definition) is 1. The van der Waals surface area contributed by atoms with Gasteiger partial charge in [-0.1, -0.05) is 49.7 Å². The smallest absolute Gasteiger partial charge is 0.154 e. The maximum Gasteiger partial charge on any atom is 0.154 e. The van der Waals surface area contributed by atoms with Crippen molar-refractivity contribution in [2.24, 2.45) is 5.73 Å². The Morgan fingerprint density at radius 1 is 1.22 bits per heavy atom.